The van der Waals surface area contributed by atoms with Crippen LogP contribution in [0.4, 0.5) is 5.82 Å². The number of nitrogens with zero attached hydrogens (tertiary/aromatic N) is 1. The van der Waals surface area contributed by atoms with Gasteiger partial charge in [0.15, 0.2) is 23.0 Å². The van der Waals surface area contributed by atoms with Crippen molar-refractivity contribution in [2.75, 3.05) is 26.3 Å². The van der Waals surface area contributed by atoms with Crippen molar-refractivity contribution in [3.05, 3.63) is 60.3 Å². The van der Waals surface area contributed by atoms with Crippen LogP contribution in [-0.2, 0) is 10.2 Å². The molecule has 31 heavy (non-hydrogen) atoms. The topological polar surface area (TPSA) is 78.9 Å². The smallest absolute Gasteiger partial charge is 0.236 e. The second-order valence-corrected chi connectivity index (χ2v) is 7.61. The lowest BCUT2D eigenvalue weighted by Gasteiger charge is -2.16. The Morgan fingerprint density at radius 2 is 1.71 bits per heavy atom. The summed E-state index contributed by atoms with van der Waals surface area (Å²) >= 11 is 0. The maximum absolute atomic E-state index is 13.1. The predicted molar refractivity (Wildman–Crippen MR) is 115 cm³/mol. The second kappa shape index (κ2) is 7.50. The summed E-state index contributed by atoms with van der Waals surface area (Å²) in [5.41, 5.74) is 2.26. The van der Waals surface area contributed by atoms with Gasteiger partial charge in [-0.15, -0.1) is 0 Å². The van der Waals surface area contributed by atoms with Crippen LogP contribution in [0, 0.1) is 0 Å². The number of aromatic nitrogens is 1. The van der Waals surface area contributed by atoms with Crippen LogP contribution in [0.15, 0.2) is 54.7 Å². The highest BCUT2D eigenvalue weighted by molar-refractivity contribution is 6.01. The van der Waals surface area contributed by atoms with Gasteiger partial charge in [0.25, 0.3) is 0 Å². The highest BCUT2D eigenvalue weighted by Crippen LogP contribution is 2.51. The largest absolute Gasteiger partial charge is 0.493 e. The Morgan fingerprint density at radius 1 is 0.935 bits per heavy atom. The van der Waals surface area contributed by atoms with Gasteiger partial charge in [0.2, 0.25) is 12.7 Å². The molecule has 1 N–H and O–H groups in total. The zero-order chi connectivity index (χ0) is 21.4. The molecule has 0 bridgehead atoms. The third-order valence-electron chi connectivity index (χ3n) is 5.83. The van der Waals surface area contributed by atoms with Crippen LogP contribution in [-0.4, -0.2) is 31.9 Å². The van der Waals surface area contributed by atoms with Crippen LogP contribution in [0.5, 0.6) is 23.0 Å². The Balaban J connectivity index is 1.32. The standard InChI is InChI=1S/C24H22N2O5/c1-28-18-6-3-15(11-20(18)29-2)16-4-8-22(25-13-16)26-23(27)24(9-10-24)17-5-7-19-21(12-17)31-14-30-19/h3-8,11-13H,9-10,14H2,1-2H3,(H,25,26,27). The highest BCUT2D eigenvalue weighted by Gasteiger charge is 2.51. The Bertz CT molecular complexity index is 1140. The van der Waals surface area contributed by atoms with Crippen molar-refractivity contribution in [3.63, 3.8) is 0 Å². The molecule has 2 aromatic carbocycles. The van der Waals surface area contributed by atoms with Gasteiger partial charge in [-0.1, -0.05) is 12.1 Å². The lowest BCUT2D eigenvalue weighted by Crippen LogP contribution is -2.28. The third-order valence-corrected chi connectivity index (χ3v) is 5.83. The number of carbonyl (C=O) groups is 1. The van der Waals surface area contributed by atoms with Gasteiger partial charge in [-0.2, -0.15) is 0 Å². The molecule has 1 aliphatic carbocycles. The zero-order valence-corrected chi connectivity index (χ0v) is 17.3. The van der Waals surface area contributed by atoms with Crippen molar-refractivity contribution >= 4 is 11.7 Å². The van der Waals surface area contributed by atoms with E-state index < -0.39 is 5.41 Å². The molecule has 7 nitrogen and oxygen atoms in total. The van der Waals surface area contributed by atoms with Crippen molar-refractivity contribution in [1.29, 1.82) is 0 Å². The summed E-state index contributed by atoms with van der Waals surface area (Å²) in [4.78, 5) is 17.5. The fraction of sp³-hybridized carbons (Fsp3) is 0.250. The molecular weight excluding hydrogens is 396 g/mol. The van der Waals surface area contributed by atoms with E-state index >= 15 is 0 Å². The summed E-state index contributed by atoms with van der Waals surface area (Å²) in [6, 6.07) is 15.1. The fourth-order valence-electron chi connectivity index (χ4n) is 3.86. The number of methoxy groups -OCH3 is 2. The van der Waals surface area contributed by atoms with Crippen LogP contribution in [0.3, 0.4) is 0 Å². The van der Waals surface area contributed by atoms with Crippen molar-refractivity contribution < 1.29 is 23.7 Å². The molecule has 158 valence electrons. The molecule has 0 radical (unpaired) electrons. The van der Waals surface area contributed by atoms with Crippen molar-refractivity contribution in [3.8, 4) is 34.1 Å². The van der Waals surface area contributed by atoms with E-state index in [-0.39, 0.29) is 12.7 Å². The number of hydrogen-bond acceptors (Lipinski definition) is 6. The van der Waals surface area contributed by atoms with Crippen LogP contribution in [0.1, 0.15) is 18.4 Å². The summed E-state index contributed by atoms with van der Waals surface area (Å²) in [5, 5.41) is 2.96. The average Bonchev–Trinajstić information content (AvgIpc) is 3.50. The predicted octanol–water partition coefficient (Wildman–Crippen LogP) is 4.16. The van der Waals surface area contributed by atoms with Gasteiger partial charge < -0.3 is 24.3 Å². The number of ether oxygens (including phenoxy) is 4. The number of nitrogens with one attached hydrogen (secondary N) is 1. The Morgan fingerprint density at radius 3 is 2.42 bits per heavy atom. The van der Waals surface area contributed by atoms with Crippen LogP contribution >= 0.6 is 0 Å². The molecule has 1 amide bonds. The zero-order valence-electron chi connectivity index (χ0n) is 17.3. The molecule has 1 saturated carbocycles. The minimum Gasteiger partial charge on any atom is -0.493 e. The van der Waals surface area contributed by atoms with Gasteiger partial charge in [0.05, 0.1) is 19.6 Å². The van der Waals surface area contributed by atoms with Crippen LogP contribution < -0.4 is 24.3 Å². The molecule has 0 saturated heterocycles. The van der Waals surface area contributed by atoms with E-state index in [2.05, 4.69) is 10.3 Å². The molecule has 1 aromatic heterocycles. The maximum Gasteiger partial charge on any atom is 0.236 e. The second-order valence-electron chi connectivity index (χ2n) is 7.61. The molecule has 2 heterocycles. The number of pyridine rings is 1. The van der Waals surface area contributed by atoms with Gasteiger partial charge in [-0.3, -0.25) is 4.79 Å². The molecule has 7 heteroatoms. The number of carbonyl (C=O) groups excluding carboxylic acids is 1. The SMILES string of the molecule is COc1ccc(-c2ccc(NC(=O)C3(c4ccc5c(c4)OCO5)CC3)nc2)cc1OC. The van der Waals surface area contributed by atoms with Gasteiger partial charge in [0.1, 0.15) is 5.82 Å². The highest BCUT2D eigenvalue weighted by atomic mass is 16.7. The molecule has 1 fully saturated rings. The summed E-state index contributed by atoms with van der Waals surface area (Å²) < 4.78 is 21.5. The molecule has 5 rings (SSSR count). The average molecular weight is 418 g/mol. The Labute approximate surface area is 179 Å². The first-order valence-corrected chi connectivity index (χ1v) is 10.0. The van der Waals surface area contributed by atoms with Crippen LogP contribution in [0.25, 0.3) is 11.1 Å². The summed E-state index contributed by atoms with van der Waals surface area (Å²) in [7, 11) is 3.21. The summed E-state index contributed by atoms with van der Waals surface area (Å²) in [6.45, 7) is 0.217. The molecule has 1 aliphatic heterocycles. The van der Waals surface area contributed by atoms with E-state index in [1.165, 1.54) is 0 Å². The molecule has 2 aliphatic rings. The first-order chi connectivity index (χ1) is 15.1. The number of fused-ring (bicyclic) bond motifs is 1. The van der Waals surface area contributed by atoms with E-state index in [9.17, 15) is 4.79 Å². The van der Waals surface area contributed by atoms with Crippen molar-refractivity contribution in [2.24, 2.45) is 0 Å². The first-order valence-electron chi connectivity index (χ1n) is 10.0. The molecule has 0 spiro atoms. The number of benzene rings is 2. The van der Waals surface area contributed by atoms with Gasteiger partial charge >= 0.3 is 0 Å². The van der Waals surface area contributed by atoms with Crippen molar-refractivity contribution in [2.45, 2.75) is 18.3 Å². The number of rotatable bonds is 6. The van der Waals surface area contributed by atoms with E-state index in [4.69, 9.17) is 18.9 Å². The normalized spacial score (nSPS) is 15.3. The molecular formula is C24H22N2O5. The van der Waals surface area contributed by atoms with Crippen LogP contribution in [0.2, 0.25) is 0 Å². The summed E-state index contributed by atoms with van der Waals surface area (Å²) in [5.74, 6) is 3.18. The minimum absolute atomic E-state index is 0.0577. The number of anilines is 1. The Hall–Kier alpha value is -3.74. The van der Waals surface area contributed by atoms with E-state index in [0.29, 0.717) is 28.8 Å². The first kappa shape index (κ1) is 19.2. The lowest BCUT2D eigenvalue weighted by molar-refractivity contribution is -0.118. The third kappa shape index (κ3) is 3.42. The van der Waals surface area contributed by atoms with Crippen molar-refractivity contribution in [1.82, 2.24) is 4.98 Å². The summed E-state index contributed by atoms with van der Waals surface area (Å²) in [6.07, 6.45) is 3.32. The monoisotopic (exact) mass is 418 g/mol. The molecule has 3 aromatic rings. The van der Waals surface area contributed by atoms with Gasteiger partial charge in [0, 0.05) is 11.8 Å². The lowest BCUT2D eigenvalue weighted by atomic mass is 9.94. The van der Waals surface area contributed by atoms with E-state index in [0.717, 1.165) is 29.5 Å². The van der Waals surface area contributed by atoms with E-state index in [1.54, 1.807) is 26.5 Å². The maximum atomic E-state index is 13.1. The number of amides is 1. The number of hydrogen-bond donors (Lipinski definition) is 1. The quantitative estimate of drug-likeness (QED) is 0.648. The molecule has 0 unspecified atom stereocenters. The van der Waals surface area contributed by atoms with E-state index in [1.807, 2.05) is 42.5 Å². The minimum atomic E-state index is -0.537. The van der Waals surface area contributed by atoms with Gasteiger partial charge in [-0.05, 0) is 60.4 Å². The fourth-order valence-corrected chi connectivity index (χ4v) is 3.86. The molecule has 0 atom stereocenters. The van der Waals surface area contributed by atoms with Gasteiger partial charge in [-0.25, -0.2) is 4.98 Å². The Kier molecular flexibility index (Phi) is 4.66.